The number of aryl methyl sites for hydroxylation is 1. The number of aromatic nitrogens is 3. The fourth-order valence-electron chi connectivity index (χ4n) is 3.64. The van der Waals surface area contributed by atoms with Gasteiger partial charge in [-0.2, -0.15) is 0 Å². The first-order valence-electron chi connectivity index (χ1n) is 10.7. The Morgan fingerprint density at radius 1 is 0.941 bits per heavy atom. The molecule has 4 rings (SSSR count). The summed E-state index contributed by atoms with van der Waals surface area (Å²) in [7, 11) is 3.19. The third kappa shape index (κ3) is 5.20. The molecule has 0 saturated heterocycles. The third-order valence-electron chi connectivity index (χ3n) is 5.36. The van der Waals surface area contributed by atoms with Crippen LogP contribution in [0.15, 0.2) is 78.0 Å². The summed E-state index contributed by atoms with van der Waals surface area (Å²) in [5.41, 5.74) is 2.80. The van der Waals surface area contributed by atoms with Crippen LogP contribution < -0.4 is 9.47 Å². The zero-order chi connectivity index (χ0) is 23.9. The second-order valence-electron chi connectivity index (χ2n) is 7.44. The molecule has 0 bridgehead atoms. The van der Waals surface area contributed by atoms with Crippen LogP contribution in [0, 0.1) is 10.1 Å². The molecule has 1 heterocycles. The van der Waals surface area contributed by atoms with E-state index in [1.165, 1.54) is 29.5 Å². The third-order valence-corrected chi connectivity index (χ3v) is 6.38. The highest BCUT2D eigenvalue weighted by Crippen LogP contribution is 2.34. The normalized spacial score (nSPS) is 10.8. The van der Waals surface area contributed by atoms with E-state index in [9.17, 15) is 10.1 Å². The minimum absolute atomic E-state index is 0.0247. The van der Waals surface area contributed by atoms with E-state index in [1.807, 2.05) is 42.5 Å². The van der Waals surface area contributed by atoms with Crippen molar-refractivity contribution >= 4 is 17.4 Å². The molecule has 0 unspecified atom stereocenters. The number of hydrogen-bond acceptors (Lipinski definition) is 7. The zero-order valence-electron chi connectivity index (χ0n) is 18.9. The van der Waals surface area contributed by atoms with Gasteiger partial charge in [-0.25, -0.2) is 0 Å². The monoisotopic (exact) mass is 476 g/mol. The lowest BCUT2D eigenvalue weighted by Gasteiger charge is -2.13. The maximum atomic E-state index is 11.2. The summed E-state index contributed by atoms with van der Waals surface area (Å²) in [4.78, 5) is 10.8. The Hall–Kier alpha value is -3.85. The number of rotatable bonds is 10. The lowest BCUT2D eigenvalue weighted by molar-refractivity contribution is -0.384. The lowest BCUT2D eigenvalue weighted by atomic mass is 10.1. The van der Waals surface area contributed by atoms with Crippen LogP contribution in [0.2, 0.25) is 0 Å². The number of nitro benzene ring substituents is 1. The van der Waals surface area contributed by atoms with Gasteiger partial charge in [-0.1, -0.05) is 54.2 Å². The number of methoxy groups -OCH3 is 2. The average molecular weight is 477 g/mol. The van der Waals surface area contributed by atoms with E-state index in [0.717, 1.165) is 17.5 Å². The number of thioether (sulfide) groups is 1. The van der Waals surface area contributed by atoms with Crippen molar-refractivity contribution in [2.75, 3.05) is 14.2 Å². The Labute approximate surface area is 201 Å². The number of nitrogens with zero attached hydrogens (tertiary/aromatic N) is 4. The molecular weight excluding hydrogens is 452 g/mol. The predicted octanol–water partition coefficient (Wildman–Crippen LogP) is 5.41. The van der Waals surface area contributed by atoms with Crippen molar-refractivity contribution in [1.82, 2.24) is 14.8 Å². The van der Waals surface area contributed by atoms with E-state index >= 15 is 0 Å². The maximum Gasteiger partial charge on any atom is 0.270 e. The van der Waals surface area contributed by atoms with Crippen LogP contribution >= 0.6 is 11.8 Å². The molecule has 0 aliphatic carbocycles. The first-order chi connectivity index (χ1) is 16.6. The highest BCUT2D eigenvalue weighted by molar-refractivity contribution is 7.98. The molecule has 0 N–H and O–H groups in total. The van der Waals surface area contributed by atoms with Crippen molar-refractivity contribution in [3.05, 3.63) is 94.0 Å². The molecule has 0 aliphatic heterocycles. The van der Waals surface area contributed by atoms with E-state index in [2.05, 4.69) is 26.9 Å². The number of ether oxygens (including phenoxy) is 2. The van der Waals surface area contributed by atoms with Gasteiger partial charge in [0.25, 0.3) is 5.69 Å². The molecule has 34 heavy (non-hydrogen) atoms. The molecule has 4 aromatic rings. The number of hydrogen-bond donors (Lipinski definition) is 0. The number of benzene rings is 3. The molecule has 1 aromatic heterocycles. The van der Waals surface area contributed by atoms with Crippen molar-refractivity contribution in [2.45, 2.75) is 23.9 Å². The fourth-order valence-corrected chi connectivity index (χ4v) is 4.59. The largest absolute Gasteiger partial charge is 0.496 e. The second-order valence-corrected chi connectivity index (χ2v) is 8.38. The Morgan fingerprint density at radius 3 is 2.41 bits per heavy atom. The maximum absolute atomic E-state index is 11.2. The van der Waals surface area contributed by atoms with E-state index in [0.29, 0.717) is 34.8 Å². The van der Waals surface area contributed by atoms with Crippen LogP contribution in [0.5, 0.6) is 11.5 Å². The summed E-state index contributed by atoms with van der Waals surface area (Å²) >= 11 is 1.46. The SMILES string of the molecule is COc1ccc([N+](=O)[O-])cc1CSc1nnc(-c2ccccc2OC)n1CCc1ccccc1. The minimum atomic E-state index is -0.407. The quantitative estimate of drug-likeness (QED) is 0.172. The van der Waals surface area contributed by atoms with E-state index in [4.69, 9.17) is 9.47 Å². The molecule has 0 fully saturated rings. The van der Waals surface area contributed by atoms with Gasteiger partial charge < -0.3 is 14.0 Å². The summed E-state index contributed by atoms with van der Waals surface area (Å²) in [5, 5.41) is 20.9. The summed E-state index contributed by atoms with van der Waals surface area (Å²) in [5.74, 6) is 2.47. The van der Waals surface area contributed by atoms with Gasteiger partial charge in [-0.15, -0.1) is 10.2 Å². The van der Waals surface area contributed by atoms with Crippen molar-refractivity contribution < 1.29 is 14.4 Å². The first-order valence-corrected chi connectivity index (χ1v) is 11.6. The van der Waals surface area contributed by atoms with E-state index in [1.54, 1.807) is 20.3 Å². The number of nitro groups is 1. The zero-order valence-corrected chi connectivity index (χ0v) is 19.7. The molecule has 0 aliphatic rings. The van der Waals surface area contributed by atoms with Gasteiger partial charge in [-0.05, 0) is 30.2 Å². The van der Waals surface area contributed by atoms with Crippen LogP contribution in [0.1, 0.15) is 11.1 Å². The Bertz CT molecular complexity index is 1280. The van der Waals surface area contributed by atoms with Crippen molar-refractivity contribution in [3.63, 3.8) is 0 Å². The van der Waals surface area contributed by atoms with E-state index in [-0.39, 0.29) is 5.69 Å². The molecule has 0 radical (unpaired) electrons. The molecule has 9 heteroatoms. The van der Waals surface area contributed by atoms with Crippen molar-refractivity contribution in [3.8, 4) is 22.9 Å². The molecular formula is C25H24N4O4S. The Kier molecular flexibility index (Phi) is 7.44. The molecule has 0 amide bonds. The van der Waals surface area contributed by atoms with Gasteiger partial charge in [0.2, 0.25) is 0 Å². The molecule has 0 saturated carbocycles. The first kappa shape index (κ1) is 23.3. The van der Waals surface area contributed by atoms with Gasteiger partial charge in [-0.3, -0.25) is 10.1 Å². The Balaban J connectivity index is 1.66. The Morgan fingerprint density at radius 2 is 1.68 bits per heavy atom. The summed E-state index contributed by atoms with van der Waals surface area (Å²) < 4.78 is 13.0. The molecule has 0 atom stereocenters. The van der Waals surface area contributed by atoms with Crippen LogP contribution in [0.3, 0.4) is 0 Å². The predicted molar refractivity (Wildman–Crippen MR) is 131 cm³/mol. The summed E-state index contributed by atoms with van der Waals surface area (Å²) in [6.45, 7) is 0.665. The molecule has 174 valence electrons. The van der Waals surface area contributed by atoms with Gasteiger partial charge >= 0.3 is 0 Å². The van der Waals surface area contributed by atoms with Crippen LogP contribution in [0.4, 0.5) is 5.69 Å². The molecule has 0 spiro atoms. The molecule has 8 nitrogen and oxygen atoms in total. The van der Waals surface area contributed by atoms with Crippen molar-refractivity contribution in [1.29, 1.82) is 0 Å². The van der Waals surface area contributed by atoms with Gasteiger partial charge in [0, 0.05) is 30.0 Å². The average Bonchev–Trinajstić information content (AvgIpc) is 3.28. The lowest BCUT2D eigenvalue weighted by Crippen LogP contribution is -2.06. The van der Waals surface area contributed by atoms with Crippen LogP contribution in [-0.4, -0.2) is 33.9 Å². The van der Waals surface area contributed by atoms with Gasteiger partial charge in [0.1, 0.15) is 11.5 Å². The molecule has 3 aromatic carbocycles. The topological polar surface area (TPSA) is 92.3 Å². The minimum Gasteiger partial charge on any atom is -0.496 e. The smallest absolute Gasteiger partial charge is 0.270 e. The van der Waals surface area contributed by atoms with Gasteiger partial charge in [0.05, 0.1) is 24.7 Å². The van der Waals surface area contributed by atoms with Crippen molar-refractivity contribution in [2.24, 2.45) is 0 Å². The van der Waals surface area contributed by atoms with E-state index < -0.39 is 4.92 Å². The second kappa shape index (κ2) is 10.8. The highest BCUT2D eigenvalue weighted by atomic mass is 32.2. The van der Waals surface area contributed by atoms with Crippen LogP contribution in [-0.2, 0) is 18.7 Å². The number of non-ortho nitro benzene ring substituents is 1. The van der Waals surface area contributed by atoms with Crippen LogP contribution in [0.25, 0.3) is 11.4 Å². The summed E-state index contributed by atoms with van der Waals surface area (Å²) in [6.07, 6.45) is 0.800. The number of para-hydroxylation sites is 1. The highest BCUT2D eigenvalue weighted by Gasteiger charge is 2.19. The fraction of sp³-hybridized carbons (Fsp3) is 0.200. The van der Waals surface area contributed by atoms with Gasteiger partial charge in [0.15, 0.2) is 11.0 Å². The standard InChI is InChI=1S/C25H24N4O4S/c1-32-22-13-12-20(29(30)31)16-19(22)17-34-25-27-26-24(21-10-6-7-11-23(21)33-2)28(25)15-14-18-8-4-3-5-9-18/h3-13,16H,14-15,17H2,1-2H3. The summed E-state index contributed by atoms with van der Waals surface area (Å²) in [6, 6.07) is 22.5.